The Balaban J connectivity index is 1.81. The van der Waals surface area contributed by atoms with Crippen molar-refractivity contribution in [3.05, 3.63) is 60.7 Å². The van der Waals surface area contributed by atoms with E-state index in [0.717, 1.165) is 10.5 Å². The fraction of sp³-hybridized carbons (Fsp3) is 0.0556. The van der Waals surface area contributed by atoms with Crippen LogP contribution in [0, 0.1) is 0 Å². The van der Waals surface area contributed by atoms with Crippen molar-refractivity contribution in [1.82, 2.24) is 5.16 Å². The second kappa shape index (κ2) is 6.88. The Morgan fingerprint density at radius 2 is 1.84 bits per heavy atom. The van der Waals surface area contributed by atoms with E-state index < -0.39 is 11.9 Å². The maximum atomic E-state index is 12.5. The van der Waals surface area contributed by atoms with E-state index in [0.29, 0.717) is 17.1 Å². The SMILES string of the molecule is CC(=O)N(C(=O)Nc1cc(-c2ccccc2)on1)c1cccc(N)c1. The molecule has 25 heavy (non-hydrogen) atoms. The Kier molecular flexibility index (Phi) is 4.47. The number of benzene rings is 2. The van der Waals surface area contributed by atoms with Gasteiger partial charge >= 0.3 is 6.03 Å². The van der Waals surface area contributed by atoms with E-state index in [9.17, 15) is 9.59 Å². The molecule has 0 fully saturated rings. The van der Waals surface area contributed by atoms with Gasteiger partial charge in [-0.15, -0.1) is 0 Å². The first kappa shape index (κ1) is 16.3. The van der Waals surface area contributed by atoms with Gasteiger partial charge in [0.25, 0.3) is 0 Å². The summed E-state index contributed by atoms with van der Waals surface area (Å²) in [4.78, 5) is 25.4. The summed E-state index contributed by atoms with van der Waals surface area (Å²) in [6.07, 6.45) is 0. The van der Waals surface area contributed by atoms with Crippen LogP contribution in [0.4, 0.5) is 22.0 Å². The minimum absolute atomic E-state index is 0.207. The Hall–Kier alpha value is -3.61. The normalized spacial score (nSPS) is 10.3. The second-order valence-corrected chi connectivity index (χ2v) is 5.32. The lowest BCUT2D eigenvalue weighted by Gasteiger charge is -2.19. The van der Waals surface area contributed by atoms with Crippen molar-refractivity contribution in [2.75, 3.05) is 16.0 Å². The Morgan fingerprint density at radius 1 is 1.08 bits per heavy atom. The summed E-state index contributed by atoms with van der Waals surface area (Å²) in [5, 5.41) is 6.37. The molecule has 0 atom stereocenters. The molecule has 7 heteroatoms. The third-order valence-corrected chi connectivity index (χ3v) is 3.45. The number of hydrogen-bond acceptors (Lipinski definition) is 5. The molecular weight excluding hydrogens is 320 g/mol. The lowest BCUT2D eigenvalue weighted by Crippen LogP contribution is -2.38. The topological polar surface area (TPSA) is 101 Å². The number of anilines is 3. The number of nitrogen functional groups attached to an aromatic ring is 1. The van der Waals surface area contributed by atoms with Gasteiger partial charge in [0.05, 0.1) is 5.69 Å². The average molecular weight is 336 g/mol. The van der Waals surface area contributed by atoms with Gasteiger partial charge in [0.1, 0.15) is 0 Å². The first-order chi connectivity index (χ1) is 12.0. The molecule has 7 nitrogen and oxygen atoms in total. The fourth-order valence-corrected chi connectivity index (χ4v) is 2.34. The molecule has 0 radical (unpaired) electrons. The van der Waals surface area contributed by atoms with E-state index in [1.54, 1.807) is 30.3 Å². The molecule has 126 valence electrons. The molecule has 3 N–H and O–H groups in total. The molecule has 1 aromatic heterocycles. The molecule has 0 saturated heterocycles. The summed E-state index contributed by atoms with van der Waals surface area (Å²) < 4.78 is 5.23. The zero-order chi connectivity index (χ0) is 17.8. The molecule has 3 amide bonds. The summed E-state index contributed by atoms with van der Waals surface area (Å²) in [5.41, 5.74) is 7.37. The van der Waals surface area contributed by atoms with E-state index in [4.69, 9.17) is 10.3 Å². The number of nitrogens with zero attached hydrogens (tertiary/aromatic N) is 2. The van der Waals surface area contributed by atoms with Gasteiger partial charge in [-0.05, 0) is 18.2 Å². The highest BCUT2D eigenvalue weighted by atomic mass is 16.5. The molecule has 3 aromatic rings. The molecule has 0 unspecified atom stereocenters. The number of amides is 3. The number of carbonyl (C=O) groups is 2. The molecule has 0 aliphatic heterocycles. The van der Waals surface area contributed by atoms with Gasteiger partial charge in [0.2, 0.25) is 5.91 Å². The lowest BCUT2D eigenvalue weighted by molar-refractivity contribution is -0.115. The van der Waals surface area contributed by atoms with Gasteiger partial charge in [-0.3, -0.25) is 10.1 Å². The Labute approximate surface area is 144 Å². The van der Waals surface area contributed by atoms with E-state index in [1.165, 1.54) is 6.92 Å². The highest BCUT2D eigenvalue weighted by molar-refractivity contribution is 6.17. The van der Waals surface area contributed by atoms with Crippen molar-refractivity contribution < 1.29 is 14.1 Å². The van der Waals surface area contributed by atoms with E-state index in [-0.39, 0.29) is 5.82 Å². The van der Waals surface area contributed by atoms with Gasteiger partial charge in [0.15, 0.2) is 11.6 Å². The fourth-order valence-electron chi connectivity index (χ4n) is 2.34. The van der Waals surface area contributed by atoms with Crippen molar-refractivity contribution in [3.63, 3.8) is 0 Å². The number of hydrogen-bond donors (Lipinski definition) is 2. The summed E-state index contributed by atoms with van der Waals surface area (Å²) in [6.45, 7) is 1.29. The molecule has 1 heterocycles. The van der Waals surface area contributed by atoms with Crippen molar-refractivity contribution in [2.45, 2.75) is 6.92 Å². The van der Waals surface area contributed by atoms with Crippen LogP contribution in [0.15, 0.2) is 65.2 Å². The highest BCUT2D eigenvalue weighted by Crippen LogP contribution is 2.23. The van der Waals surface area contributed by atoms with Crippen molar-refractivity contribution in [3.8, 4) is 11.3 Å². The molecule has 3 rings (SSSR count). The number of carbonyl (C=O) groups excluding carboxylic acids is 2. The maximum Gasteiger partial charge on any atom is 0.334 e. The van der Waals surface area contributed by atoms with Crippen LogP contribution in [0.2, 0.25) is 0 Å². The number of urea groups is 1. The highest BCUT2D eigenvalue weighted by Gasteiger charge is 2.21. The van der Waals surface area contributed by atoms with Crippen LogP contribution in [-0.2, 0) is 4.79 Å². The quantitative estimate of drug-likeness (QED) is 0.713. The van der Waals surface area contributed by atoms with Crippen molar-refractivity contribution in [1.29, 1.82) is 0 Å². The lowest BCUT2D eigenvalue weighted by atomic mass is 10.2. The van der Waals surface area contributed by atoms with Gasteiger partial charge < -0.3 is 10.3 Å². The Bertz CT molecular complexity index is 905. The van der Waals surface area contributed by atoms with Gasteiger partial charge in [-0.25, -0.2) is 9.69 Å². The first-order valence-corrected chi connectivity index (χ1v) is 7.54. The van der Waals surface area contributed by atoms with Crippen molar-refractivity contribution in [2.24, 2.45) is 0 Å². The minimum atomic E-state index is -0.647. The van der Waals surface area contributed by atoms with E-state index in [2.05, 4.69) is 10.5 Å². The zero-order valence-electron chi connectivity index (χ0n) is 13.5. The monoisotopic (exact) mass is 336 g/mol. The number of nitrogens with two attached hydrogens (primary N) is 1. The van der Waals surface area contributed by atoms with Gasteiger partial charge in [0, 0.05) is 24.2 Å². The minimum Gasteiger partial charge on any atom is -0.399 e. The molecule has 0 aliphatic rings. The standard InChI is InChI=1S/C18H16N4O3/c1-12(23)22(15-9-5-8-14(19)10-15)18(24)20-17-11-16(25-21-17)13-6-3-2-4-7-13/h2-11H,19H2,1H3,(H,20,21,24). The van der Waals surface area contributed by atoms with Crippen LogP contribution >= 0.6 is 0 Å². The van der Waals surface area contributed by atoms with Crippen LogP contribution in [-0.4, -0.2) is 17.1 Å². The third kappa shape index (κ3) is 3.66. The summed E-state index contributed by atoms with van der Waals surface area (Å²) in [7, 11) is 0. The molecule has 0 aliphatic carbocycles. The number of rotatable bonds is 3. The predicted octanol–water partition coefficient (Wildman–Crippen LogP) is 3.51. The zero-order valence-corrected chi connectivity index (χ0v) is 13.5. The molecule has 0 bridgehead atoms. The van der Waals surface area contributed by atoms with Crippen LogP contribution in [0.25, 0.3) is 11.3 Å². The largest absolute Gasteiger partial charge is 0.399 e. The maximum absolute atomic E-state index is 12.5. The van der Waals surface area contributed by atoms with Gasteiger partial charge in [-0.1, -0.05) is 41.6 Å². The number of imide groups is 1. The Morgan fingerprint density at radius 3 is 2.52 bits per heavy atom. The van der Waals surface area contributed by atoms with Crippen LogP contribution in [0.5, 0.6) is 0 Å². The summed E-state index contributed by atoms with van der Waals surface area (Å²) in [6, 6.07) is 16.8. The predicted molar refractivity (Wildman–Crippen MR) is 95.0 cm³/mol. The summed E-state index contributed by atoms with van der Waals surface area (Å²) >= 11 is 0. The average Bonchev–Trinajstić information content (AvgIpc) is 3.04. The molecule has 0 spiro atoms. The van der Waals surface area contributed by atoms with Crippen molar-refractivity contribution >= 4 is 29.1 Å². The second-order valence-electron chi connectivity index (χ2n) is 5.32. The van der Waals surface area contributed by atoms with E-state index >= 15 is 0 Å². The molecular formula is C18H16N4O3. The van der Waals surface area contributed by atoms with Crippen LogP contribution in [0.3, 0.4) is 0 Å². The van der Waals surface area contributed by atoms with Crippen LogP contribution in [0.1, 0.15) is 6.92 Å². The number of aromatic nitrogens is 1. The smallest absolute Gasteiger partial charge is 0.334 e. The van der Waals surface area contributed by atoms with E-state index in [1.807, 2.05) is 30.3 Å². The first-order valence-electron chi connectivity index (χ1n) is 7.54. The number of nitrogens with one attached hydrogen (secondary N) is 1. The van der Waals surface area contributed by atoms with Gasteiger partial charge in [-0.2, -0.15) is 0 Å². The molecule has 2 aromatic carbocycles. The third-order valence-electron chi connectivity index (χ3n) is 3.45. The van der Waals surface area contributed by atoms with Crippen LogP contribution < -0.4 is 16.0 Å². The molecule has 0 saturated carbocycles. The summed E-state index contributed by atoms with van der Waals surface area (Å²) in [5.74, 6) is 0.267.